The maximum absolute atomic E-state index is 12.4. The Kier molecular flexibility index (Phi) is 4.97. The van der Waals surface area contributed by atoms with Crippen LogP contribution in [0.4, 0.5) is 5.69 Å². The Labute approximate surface area is 162 Å². The Morgan fingerprint density at radius 3 is 2.57 bits per heavy atom. The molecule has 0 saturated carbocycles. The van der Waals surface area contributed by atoms with E-state index in [4.69, 9.17) is 4.74 Å². The molecule has 144 valence electrons. The predicted molar refractivity (Wildman–Crippen MR) is 105 cm³/mol. The van der Waals surface area contributed by atoms with Gasteiger partial charge in [-0.05, 0) is 42.5 Å². The molecule has 1 saturated heterocycles. The number of H-pyrrole nitrogens is 1. The number of fused-ring (bicyclic) bond motifs is 1. The van der Waals surface area contributed by atoms with Crippen molar-refractivity contribution in [1.82, 2.24) is 9.88 Å². The van der Waals surface area contributed by atoms with E-state index in [1.807, 2.05) is 17.0 Å². The van der Waals surface area contributed by atoms with Crippen molar-refractivity contribution in [2.45, 2.75) is 18.8 Å². The Balaban J connectivity index is 1.31. The van der Waals surface area contributed by atoms with Crippen molar-refractivity contribution in [1.29, 1.82) is 0 Å². The highest BCUT2D eigenvalue weighted by Crippen LogP contribution is 2.33. The minimum absolute atomic E-state index is 0.00182. The molecule has 28 heavy (non-hydrogen) atoms. The molecule has 1 amide bonds. The van der Waals surface area contributed by atoms with Crippen molar-refractivity contribution in [2.24, 2.45) is 0 Å². The number of aromatic amines is 1. The molecule has 0 unspecified atom stereocenters. The molecule has 1 aromatic heterocycles. The van der Waals surface area contributed by atoms with Gasteiger partial charge in [-0.3, -0.25) is 14.9 Å². The number of benzene rings is 2. The number of carbonyl (C=O) groups excluding carboxylic acids is 1. The number of amides is 1. The number of ether oxygens (including phenoxy) is 1. The van der Waals surface area contributed by atoms with E-state index < -0.39 is 4.92 Å². The molecule has 1 aliphatic heterocycles. The Bertz CT molecular complexity index is 988. The number of hydrogen-bond acceptors (Lipinski definition) is 4. The van der Waals surface area contributed by atoms with Crippen LogP contribution in [0, 0.1) is 10.1 Å². The van der Waals surface area contributed by atoms with Gasteiger partial charge in [0.1, 0.15) is 5.75 Å². The van der Waals surface area contributed by atoms with Gasteiger partial charge in [-0.25, -0.2) is 0 Å². The van der Waals surface area contributed by atoms with E-state index in [0.29, 0.717) is 24.8 Å². The van der Waals surface area contributed by atoms with E-state index in [0.717, 1.165) is 18.4 Å². The number of para-hydroxylation sites is 1. The van der Waals surface area contributed by atoms with Crippen molar-refractivity contribution >= 4 is 22.5 Å². The van der Waals surface area contributed by atoms with Gasteiger partial charge in [0.05, 0.1) is 4.92 Å². The summed E-state index contributed by atoms with van der Waals surface area (Å²) in [7, 11) is 0. The number of piperidine rings is 1. The van der Waals surface area contributed by atoms with Gasteiger partial charge in [0.15, 0.2) is 6.61 Å². The number of non-ortho nitro benzene ring substituents is 1. The smallest absolute Gasteiger partial charge is 0.269 e. The molecule has 1 N–H and O–H groups in total. The topological polar surface area (TPSA) is 88.5 Å². The first-order chi connectivity index (χ1) is 13.6. The molecular formula is C21H21N3O4. The van der Waals surface area contributed by atoms with Crippen molar-refractivity contribution in [3.63, 3.8) is 0 Å². The van der Waals surface area contributed by atoms with E-state index in [-0.39, 0.29) is 18.2 Å². The Morgan fingerprint density at radius 1 is 1.14 bits per heavy atom. The van der Waals surface area contributed by atoms with Gasteiger partial charge in [0.2, 0.25) is 0 Å². The summed E-state index contributed by atoms with van der Waals surface area (Å²) in [6.45, 7) is 1.34. The van der Waals surface area contributed by atoms with Crippen LogP contribution in [0.5, 0.6) is 5.75 Å². The van der Waals surface area contributed by atoms with Crippen LogP contribution in [0.2, 0.25) is 0 Å². The lowest BCUT2D eigenvalue weighted by atomic mass is 9.89. The number of carbonyl (C=O) groups is 1. The maximum atomic E-state index is 12.4. The summed E-state index contributed by atoms with van der Waals surface area (Å²) in [4.78, 5) is 27.8. The summed E-state index contributed by atoms with van der Waals surface area (Å²) in [5.74, 6) is 0.833. The molecule has 4 rings (SSSR count). The molecule has 0 bridgehead atoms. The zero-order valence-corrected chi connectivity index (χ0v) is 15.3. The first-order valence-electron chi connectivity index (χ1n) is 9.33. The number of nitrogens with zero attached hydrogens (tertiary/aromatic N) is 2. The molecule has 1 aliphatic rings. The quantitative estimate of drug-likeness (QED) is 0.538. The van der Waals surface area contributed by atoms with Gasteiger partial charge in [0.25, 0.3) is 11.6 Å². The Hall–Kier alpha value is -3.35. The second-order valence-corrected chi connectivity index (χ2v) is 6.98. The standard InChI is InChI=1S/C21H21N3O4/c25-21(14-28-17-7-5-16(6-8-17)24(26)27)23-11-9-15(10-12-23)19-13-22-20-4-2-1-3-18(19)20/h1-8,13,15,22H,9-12,14H2. The number of nitro groups is 1. The van der Waals surface area contributed by atoms with Crippen LogP contribution >= 0.6 is 0 Å². The van der Waals surface area contributed by atoms with Crippen molar-refractivity contribution < 1.29 is 14.5 Å². The third-order valence-corrected chi connectivity index (χ3v) is 5.32. The lowest BCUT2D eigenvalue weighted by Gasteiger charge is -2.32. The summed E-state index contributed by atoms with van der Waals surface area (Å²) >= 11 is 0. The average Bonchev–Trinajstić information content (AvgIpc) is 3.16. The monoisotopic (exact) mass is 379 g/mol. The lowest BCUT2D eigenvalue weighted by Crippen LogP contribution is -2.40. The molecular weight excluding hydrogens is 358 g/mol. The fraction of sp³-hybridized carbons (Fsp3) is 0.286. The summed E-state index contributed by atoms with van der Waals surface area (Å²) in [5.41, 5.74) is 2.47. The van der Waals surface area contributed by atoms with Gasteiger partial charge in [-0.1, -0.05) is 18.2 Å². The Morgan fingerprint density at radius 2 is 1.86 bits per heavy atom. The first-order valence-corrected chi connectivity index (χ1v) is 9.33. The molecule has 3 aromatic rings. The molecule has 0 aliphatic carbocycles. The molecule has 7 heteroatoms. The van der Waals surface area contributed by atoms with Gasteiger partial charge < -0.3 is 14.6 Å². The number of nitrogens with one attached hydrogen (secondary N) is 1. The second kappa shape index (κ2) is 7.72. The highest BCUT2D eigenvalue weighted by molar-refractivity contribution is 5.83. The SMILES string of the molecule is O=C(COc1ccc([N+](=O)[O-])cc1)N1CCC(c2c[nH]c3ccccc23)CC1. The van der Waals surface area contributed by atoms with E-state index in [1.54, 1.807) is 0 Å². The number of rotatable bonds is 5. The zero-order valence-electron chi connectivity index (χ0n) is 15.3. The van der Waals surface area contributed by atoms with Crippen molar-refractivity contribution in [3.8, 4) is 5.75 Å². The van der Waals surface area contributed by atoms with Crippen LogP contribution < -0.4 is 4.74 Å². The normalized spacial score (nSPS) is 14.9. The molecule has 2 heterocycles. The van der Waals surface area contributed by atoms with Gasteiger partial charge in [-0.2, -0.15) is 0 Å². The van der Waals surface area contributed by atoms with E-state index in [9.17, 15) is 14.9 Å². The van der Waals surface area contributed by atoms with Crippen LogP contribution in [0.25, 0.3) is 10.9 Å². The van der Waals surface area contributed by atoms with E-state index >= 15 is 0 Å². The third-order valence-electron chi connectivity index (χ3n) is 5.32. The highest BCUT2D eigenvalue weighted by Gasteiger charge is 2.25. The van der Waals surface area contributed by atoms with Crippen LogP contribution in [0.1, 0.15) is 24.3 Å². The van der Waals surface area contributed by atoms with Crippen molar-refractivity contribution in [3.05, 3.63) is 70.4 Å². The summed E-state index contributed by atoms with van der Waals surface area (Å²) in [6, 6.07) is 14.0. The van der Waals surface area contributed by atoms with Crippen LogP contribution in [-0.4, -0.2) is 40.4 Å². The lowest BCUT2D eigenvalue weighted by molar-refractivity contribution is -0.384. The second-order valence-electron chi connectivity index (χ2n) is 6.98. The maximum Gasteiger partial charge on any atom is 0.269 e. The summed E-state index contributed by atoms with van der Waals surface area (Å²) in [5, 5.41) is 11.9. The molecule has 1 fully saturated rings. The van der Waals surface area contributed by atoms with Gasteiger partial charge >= 0.3 is 0 Å². The fourth-order valence-corrected chi connectivity index (χ4v) is 3.77. The molecule has 0 radical (unpaired) electrons. The third kappa shape index (κ3) is 3.69. The highest BCUT2D eigenvalue weighted by atomic mass is 16.6. The summed E-state index contributed by atoms with van der Waals surface area (Å²) < 4.78 is 5.49. The molecule has 0 spiro atoms. The van der Waals surface area contributed by atoms with E-state index in [2.05, 4.69) is 23.3 Å². The van der Waals surface area contributed by atoms with Crippen LogP contribution in [0.15, 0.2) is 54.7 Å². The average molecular weight is 379 g/mol. The predicted octanol–water partition coefficient (Wildman–Crippen LogP) is 3.86. The van der Waals surface area contributed by atoms with Gasteiger partial charge in [-0.15, -0.1) is 0 Å². The zero-order chi connectivity index (χ0) is 19.5. The minimum atomic E-state index is -0.465. The number of likely N-dealkylation sites (tertiary alicyclic amines) is 1. The molecule has 2 aromatic carbocycles. The van der Waals surface area contributed by atoms with Crippen LogP contribution in [0.3, 0.4) is 0 Å². The fourth-order valence-electron chi connectivity index (χ4n) is 3.77. The number of aromatic nitrogens is 1. The molecule has 7 nitrogen and oxygen atoms in total. The molecule has 0 atom stereocenters. The van der Waals surface area contributed by atoms with E-state index in [1.165, 1.54) is 35.2 Å². The number of hydrogen-bond donors (Lipinski definition) is 1. The number of nitro benzene ring substituents is 1. The first kappa shape index (κ1) is 18.0. The van der Waals surface area contributed by atoms with Gasteiger partial charge in [0, 0.05) is 42.3 Å². The van der Waals surface area contributed by atoms with Crippen LogP contribution in [-0.2, 0) is 4.79 Å². The largest absolute Gasteiger partial charge is 0.484 e. The van der Waals surface area contributed by atoms with Crippen molar-refractivity contribution in [2.75, 3.05) is 19.7 Å². The minimum Gasteiger partial charge on any atom is -0.484 e. The summed E-state index contributed by atoms with van der Waals surface area (Å²) in [6.07, 6.45) is 3.93.